The van der Waals surface area contributed by atoms with Crippen LogP contribution in [-0.4, -0.2) is 151 Å². The summed E-state index contributed by atoms with van der Waals surface area (Å²) in [6, 6.07) is 0. The first-order chi connectivity index (χ1) is 26.9. The number of rotatable bonds is 7. The molecular formula is C43H72O15. The van der Waals surface area contributed by atoms with Crippen molar-refractivity contribution < 1.29 is 74.1 Å². The summed E-state index contributed by atoms with van der Waals surface area (Å²) in [6.45, 7) is 17.8. The van der Waals surface area contributed by atoms with E-state index in [1.165, 1.54) is 6.92 Å². The summed E-state index contributed by atoms with van der Waals surface area (Å²) in [7, 11) is 0. The van der Waals surface area contributed by atoms with Crippen LogP contribution in [0.1, 0.15) is 114 Å². The maximum atomic E-state index is 12.5. The highest BCUT2D eigenvalue weighted by molar-refractivity contribution is 5.66. The van der Waals surface area contributed by atoms with E-state index in [0.717, 1.165) is 32.1 Å². The quantitative estimate of drug-likeness (QED) is 0.134. The predicted octanol–water partition coefficient (Wildman–Crippen LogP) is 1.54. The molecule has 0 aromatic heterocycles. The van der Waals surface area contributed by atoms with E-state index < -0.39 is 109 Å². The first-order valence-corrected chi connectivity index (χ1v) is 21.7. The van der Waals surface area contributed by atoms with Crippen LogP contribution in [0.15, 0.2) is 0 Å². The monoisotopic (exact) mass is 828 g/mol. The molecule has 3 saturated heterocycles. The van der Waals surface area contributed by atoms with Crippen LogP contribution in [0.5, 0.6) is 0 Å². The van der Waals surface area contributed by atoms with Crippen LogP contribution in [0.25, 0.3) is 0 Å². The molecule has 0 aromatic carbocycles. The molecule has 15 heteroatoms. The molecular weight excluding hydrogens is 756 g/mol. The number of aliphatic hydroxyl groups is 8. The summed E-state index contributed by atoms with van der Waals surface area (Å²) in [4.78, 5) is 12.1. The molecule has 4 aliphatic carbocycles. The van der Waals surface area contributed by atoms with Gasteiger partial charge in [-0.2, -0.15) is 0 Å². The number of hydrogen-bond acceptors (Lipinski definition) is 15. The van der Waals surface area contributed by atoms with Gasteiger partial charge in [0.1, 0.15) is 54.9 Å². The van der Waals surface area contributed by atoms with E-state index >= 15 is 0 Å². The zero-order valence-corrected chi connectivity index (χ0v) is 35.8. The van der Waals surface area contributed by atoms with Crippen molar-refractivity contribution in [1.29, 1.82) is 0 Å². The van der Waals surface area contributed by atoms with Crippen molar-refractivity contribution in [3.8, 4) is 0 Å². The predicted molar refractivity (Wildman–Crippen MR) is 205 cm³/mol. The van der Waals surface area contributed by atoms with Gasteiger partial charge in [-0.15, -0.1) is 0 Å². The minimum Gasteiger partial charge on any atom is -0.460 e. The Bertz CT molecular complexity index is 1510. The van der Waals surface area contributed by atoms with E-state index in [2.05, 4.69) is 41.5 Å². The normalized spacial score (nSPS) is 55.2. The van der Waals surface area contributed by atoms with E-state index in [1.807, 2.05) is 13.8 Å². The molecule has 334 valence electrons. The Morgan fingerprint density at radius 1 is 0.741 bits per heavy atom. The van der Waals surface area contributed by atoms with Gasteiger partial charge in [0.2, 0.25) is 0 Å². The van der Waals surface area contributed by atoms with Crippen LogP contribution in [0.3, 0.4) is 0 Å². The molecule has 1 unspecified atom stereocenters. The van der Waals surface area contributed by atoms with E-state index in [-0.39, 0.29) is 46.5 Å². The number of carbonyl (C=O) groups is 1. The van der Waals surface area contributed by atoms with Crippen molar-refractivity contribution in [1.82, 2.24) is 0 Å². The largest absolute Gasteiger partial charge is 0.460 e. The highest BCUT2D eigenvalue weighted by atomic mass is 16.8. The molecule has 58 heavy (non-hydrogen) atoms. The summed E-state index contributed by atoms with van der Waals surface area (Å²) in [5.74, 6) is -0.168. The molecule has 0 amide bonds. The van der Waals surface area contributed by atoms with E-state index in [9.17, 15) is 45.6 Å². The minimum absolute atomic E-state index is 0.0167. The van der Waals surface area contributed by atoms with Gasteiger partial charge >= 0.3 is 5.97 Å². The van der Waals surface area contributed by atoms with E-state index in [1.54, 1.807) is 0 Å². The van der Waals surface area contributed by atoms with Gasteiger partial charge in [-0.3, -0.25) is 4.79 Å². The van der Waals surface area contributed by atoms with Gasteiger partial charge in [-0.05, 0) is 111 Å². The van der Waals surface area contributed by atoms with Crippen molar-refractivity contribution in [3.63, 3.8) is 0 Å². The molecule has 7 rings (SSSR count). The van der Waals surface area contributed by atoms with Crippen molar-refractivity contribution in [2.75, 3.05) is 13.2 Å². The summed E-state index contributed by atoms with van der Waals surface area (Å²) in [5.41, 5.74) is -2.65. The highest BCUT2D eigenvalue weighted by Crippen LogP contribution is 2.76. The van der Waals surface area contributed by atoms with Gasteiger partial charge in [0.25, 0.3) is 0 Å². The molecule has 0 spiro atoms. The van der Waals surface area contributed by atoms with Crippen LogP contribution >= 0.6 is 0 Å². The summed E-state index contributed by atoms with van der Waals surface area (Å²) in [6.07, 6.45) is -9.64. The van der Waals surface area contributed by atoms with Crippen molar-refractivity contribution in [2.24, 2.45) is 45.3 Å². The summed E-state index contributed by atoms with van der Waals surface area (Å²) >= 11 is 0. The second-order valence-electron chi connectivity index (χ2n) is 21.3. The Kier molecular flexibility index (Phi) is 11.9. The number of aliphatic hydroxyl groups excluding tert-OH is 8. The summed E-state index contributed by atoms with van der Waals surface area (Å²) in [5, 5.41) is 86.6. The number of fused-ring (bicyclic) bond motifs is 5. The second-order valence-corrected chi connectivity index (χ2v) is 21.3. The standard InChI is InChI=1S/C43H72O15/c1-20(45)54-24-17-43(9,58-39(4,5)35(24)52)21-10-14-42(8)29(21)22(46)16-27-40(6)13-12-28(38(2,3)26(40)11-15-41(27,42)7)56-37-34(32(50)31(49)25(18-44)55-37)57-36-33(51)30(48)23(47)19-53-36/h21-37,44,46-52H,10-19H2,1-9H3/t21-,22+,23+,24-,25+,26?,27+,28-,29-,30-,31+,32-,33+,34+,35+,36-,37-,40-,41+,42+,43-/m0/s1. The Morgan fingerprint density at radius 2 is 1.41 bits per heavy atom. The molecule has 0 aromatic rings. The van der Waals surface area contributed by atoms with Crippen LogP contribution in [0.2, 0.25) is 0 Å². The maximum Gasteiger partial charge on any atom is 0.302 e. The lowest BCUT2D eigenvalue weighted by atomic mass is 9.35. The molecule has 0 bridgehead atoms. The maximum absolute atomic E-state index is 12.5. The minimum atomic E-state index is -1.65. The molecule has 3 heterocycles. The molecule has 8 N–H and O–H groups in total. The van der Waals surface area contributed by atoms with Crippen LogP contribution in [0, 0.1) is 45.3 Å². The lowest BCUT2D eigenvalue weighted by Crippen LogP contribution is -2.68. The topological polar surface area (TPSA) is 234 Å². The molecule has 7 aliphatic rings. The molecule has 4 saturated carbocycles. The number of ether oxygens (including phenoxy) is 6. The third-order valence-electron chi connectivity index (χ3n) is 17.5. The third kappa shape index (κ3) is 6.93. The van der Waals surface area contributed by atoms with Gasteiger partial charge in [0.05, 0.1) is 36.6 Å². The zero-order chi connectivity index (χ0) is 42.7. The average Bonchev–Trinajstić information content (AvgIpc) is 3.52. The Balaban J connectivity index is 1.12. The van der Waals surface area contributed by atoms with Crippen LogP contribution in [-0.2, 0) is 33.2 Å². The van der Waals surface area contributed by atoms with Crippen molar-refractivity contribution >= 4 is 5.97 Å². The molecule has 0 radical (unpaired) electrons. The fraction of sp³-hybridized carbons (Fsp3) is 0.977. The molecule has 3 aliphatic heterocycles. The third-order valence-corrected chi connectivity index (χ3v) is 17.5. The zero-order valence-electron chi connectivity index (χ0n) is 35.8. The highest BCUT2D eigenvalue weighted by Gasteiger charge is 2.72. The average molecular weight is 829 g/mol. The van der Waals surface area contributed by atoms with E-state index in [4.69, 9.17) is 28.4 Å². The second kappa shape index (κ2) is 15.3. The Labute approximate surface area is 342 Å². The van der Waals surface area contributed by atoms with Gasteiger partial charge in [-0.1, -0.05) is 34.6 Å². The molecule has 7 fully saturated rings. The lowest BCUT2D eigenvalue weighted by Gasteiger charge is -2.71. The van der Waals surface area contributed by atoms with Crippen molar-refractivity contribution in [3.05, 3.63) is 0 Å². The SMILES string of the molecule is CC(=O)O[C@H]1C[C@@](C)([C@H]2CC[C@]3(C)[C@@H]2[C@H](O)C[C@@H]2[C@@]4(C)CC[C@H](O[C@@H]5O[C@H](CO)[C@@H](O)[C@H](O)[C@H]5O[C@@H]5OC[C@@H](O)[C@H](O)[C@H]5O)C(C)(C)C4CC[C@]23C)OC(C)(C)[C@@H]1O. The van der Waals surface area contributed by atoms with Crippen LogP contribution in [0.4, 0.5) is 0 Å². The lowest BCUT2D eigenvalue weighted by molar-refractivity contribution is -0.370. The van der Waals surface area contributed by atoms with Gasteiger partial charge < -0.3 is 69.3 Å². The summed E-state index contributed by atoms with van der Waals surface area (Å²) < 4.78 is 36.8. The Hall–Kier alpha value is -1.05. The number of hydrogen-bond donors (Lipinski definition) is 8. The fourth-order valence-corrected chi connectivity index (χ4v) is 14.4. The van der Waals surface area contributed by atoms with Crippen molar-refractivity contribution in [2.45, 2.75) is 205 Å². The van der Waals surface area contributed by atoms with Crippen LogP contribution < -0.4 is 0 Å². The number of esters is 1. The van der Waals surface area contributed by atoms with Gasteiger partial charge in [-0.25, -0.2) is 0 Å². The number of carbonyl (C=O) groups excluding carboxylic acids is 1. The first-order valence-electron chi connectivity index (χ1n) is 21.7. The smallest absolute Gasteiger partial charge is 0.302 e. The van der Waals surface area contributed by atoms with Gasteiger partial charge in [0, 0.05) is 13.3 Å². The van der Waals surface area contributed by atoms with E-state index in [0.29, 0.717) is 19.3 Å². The Morgan fingerprint density at radius 3 is 2.07 bits per heavy atom. The first kappa shape index (κ1) is 45.0. The fourth-order valence-electron chi connectivity index (χ4n) is 14.4. The van der Waals surface area contributed by atoms with Gasteiger partial charge in [0.15, 0.2) is 12.6 Å². The molecule has 21 atom stereocenters. The molecule has 15 nitrogen and oxygen atoms in total.